The Kier molecular flexibility index (Phi) is 10.3. The van der Waals surface area contributed by atoms with Gasteiger partial charge in [-0.3, -0.25) is 4.79 Å². The van der Waals surface area contributed by atoms with Gasteiger partial charge in [0, 0.05) is 12.7 Å². The predicted octanol–water partition coefficient (Wildman–Crippen LogP) is 7.73. The van der Waals surface area contributed by atoms with Crippen molar-refractivity contribution in [2.75, 3.05) is 12.4 Å². The van der Waals surface area contributed by atoms with Crippen molar-refractivity contribution in [3.05, 3.63) is 90.5 Å². The molecule has 0 spiro atoms. The van der Waals surface area contributed by atoms with Crippen LogP contribution in [0.15, 0.2) is 79.4 Å². The summed E-state index contributed by atoms with van der Waals surface area (Å²) in [5, 5.41) is 3.19. The molecule has 0 radical (unpaired) electrons. The highest BCUT2D eigenvalue weighted by Crippen LogP contribution is 2.30. The highest BCUT2D eigenvalue weighted by atomic mass is 16.1. The fourth-order valence-corrected chi connectivity index (χ4v) is 3.61. The van der Waals surface area contributed by atoms with E-state index < -0.39 is 0 Å². The van der Waals surface area contributed by atoms with Gasteiger partial charge in [-0.15, -0.1) is 0 Å². The number of aldehydes is 1. The molecular formula is C29H35NO. The molecule has 1 N–H and O–H groups in total. The smallest absolute Gasteiger partial charge is 0.142 e. The van der Waals surface area contributed by atoms with E-state index in [0.29, 0.717) is 6.29 Å². The Bertz CT molecular complexity index is 933. The molecule has 0 atom stereocenters. The van der Waals surface area contributed by atoms with Crippen molar-refractivity contribution >= 4 is 12.0 Å². The first kappa shape index (κ1) is 24.1. The van der Waals surface area contributed by atoms with E-state index in [1.54, 1.807) is 0 Å². The number of anilines is 1. The van der Waals surface area contributed by atoms with Crippen molar-refractivity contribution in [3.8, 4) is 22.3 Å². The van der Waals surface area contributed by atoms with Crippen LogP contribution in [0.1, 0.15) is 44.2 Å². The molecule has 3 aromatic carbocycles. The minimum atomic E-state index is 0.639. The van der Waals surface area contributed by atoms with Gasteiger partial charge in [-0.25, -0.2) is 0 Å². The van der Waals surface area contributed by atoms with Crippen molar-refractivity contribution in [3.63, 3.8) is 0 Å². The van der Waals surface area contributed by atoms with Gasteiger partial charge in [-0.1, -0.05) is 87.9 Å². The molecule has 162 valence electrons. The summed E-state index contributed by atoms with van der Waals surface area (Å²) in [6.07, 6.45) is 7.94. The number of unbranched alkanes of at least 4 members (excludes halogenated alkanes) is 2. The molecular weight excluding hydrogens is 378 g/mol. The van der Waals surface area contributed by atoms with Gasteiger partial charge in [0.25, 0.3) is 0 Å². The van der Waals surface area contributed by atoms with Crippen molar-refractivity contribution < 1.29 is 4.79 Å². The Hall–Kier alpha value is -3.13. The lowest BCUT2D eigenvalue weighted by molar-refractivity contribution is -0.104. The third-order valence-corrected chi connectivity index (χ3v) is 5.42. The van der Waals surface area contributed by atoms with E-state index in [4.69, 9.17) is 4.79 Å². The SMILES string of the molecule is C=CC=O.CCCCCc1ccc(-c2ccc(-c3ccc(NC)cc3)c(CC)c2)cc1. The molecule has 0 heterocycles. The summed E-state index contributed by atoms with van der Waals surface area (Å²) in [4.78, 5) is 9.06. The Morgan fingerprint density at radius 1 is 0.839 bits per heavy atom. The van der Waals surface area contributed by atoms with Gasteiger partial charge in [-0.05, 0) is 70.9 Å². The lowest BCUT2D eigenvalue weighted by Crippen LogP contribution is -1.91. The van der Waals surface area contributed by atoms with E-state index in [2.05, 4.69) is 92.5 Å². The van der Waals surface area contributed by atoms with Crippen molar-refractivity contribution in [2.45, 2.75) is 46.0 Å². The third kappa shape index (κ3) is 7.25. The van der Waals surface area contributed by atoms with Crippen LogP contribution in [0.3, 0.4) is 0 Å². The standard InChI is InChI=1S/C26H31N.C3H4O/c1-4-6-7-8-20-9-11-22(12-10-20)24-15-18-26(21(5-2)19-24)23-13-16-25(27-3)17-14-23;1-2-3-4/h9-19,27H,4-8H2,1-3H3;2-3H,1H2. The second-order valence-electron chi connectivity index (χ2n) is 7.58. The van der Waals surface area contributed by atoms with Crippen molar-refractivity contribution in [1.82, 2.24) is 0 Å². The maximum Gasteiger partial charge on any atom is 0.142 e. The zero-order valence-electron chi connectivity index (χ0n) is 19.2. The molecule has 0 fully saturated rings. The first-order chi connectivity index (χ1) is 15.2. The molecule has 31 heavy (non-hydrogen) atoms. The number of hydrogen-bond acceptors (Lipinski definition) is 2. The summed E-state index contributed by atoms with van der Waals surface area (Å²) in [7, 11) is 1.95. The van der Waals surface area contributed by atoms with Crippen LogP contribution in [-0.4, -0.2) is 13.3 Å². The highest BCUT2D eigenvalue weighted by Gasteiger charge is 2.07. The fourth-order valence-electron chi connectivity index (χ4n) is 3.61. The zero-order chi connectivity index (χ0) is 22.5. The summed E-state index contributed by atoms with van der Waals surface area (Å²) < 4.78 is 0. The minimum absolute atomic E-state index is 0.639. The Morgan fingerprint density at radius 2 is 1.45 bits per heavy atom. The summed E-state index contributed by atoms with van der Waals surface area (Å²) >= 11 is 0. The summed E-state index contributed by atoms with van der Waals surface area (Å²) in [5.74, 6) is 0. The van der Waals surface area contributed by atoms with E-state index >= 15 is 0 Å². The molecule has 0 aromatic heterocycles. The second kappa shape index (κ2) is 13.2. The van der Waals surface area contributed by atoms with Crippen LogP contribution in [0.25, 0.3) is 22.3 Å². The van der Waals surface area contributed by atoms with Crippen LogP contribution in [0.4, 0.5) is 5.69 Å². The first-order valence-electron chi connectivity index (χ1n) is 11.2. The molecule has 0 aliphatic rings. The van der Waals surface area contributed by atoms with E-state index in [9.17, 15) is 0 Å². The Labute approximate surface area is 188 Å². The third-order valence-electron chi connectivity index (χ3n) is 5.42. The summed E-state index contributed by atoms with van der Waals surface area (Å²) in [6, 6.07) is 24.7. The van der Waals surface area contributed by atoms with Gasteiger partial charge < -0.3 is 5.32 Å². The van der Waals surface area contributed by atoms with Crippen LogP contribution >= 0.6 is 0 Å². The molecule has 2 nitrogen and oxygen atoms in total. The van der Waals surface area contributed by atoms with Crippen LogP contribution in [0.5, 0.6) is 0 Å². The first-order valence-corrected chi connectivity index (χ1v) is 11.2. The minimum Gasteiger partial charge on any atom is -0.388 e. The lowest BCUT2D eigenvalue weighted by Gasteiger charge is -2.12. The van der Waals surface area contributed by atoms with Crippen molar-refractivity contribution in [2.24, 2.45) is 0 Å². The monoisotopic (exact) mass is 413 g/mol. The zero-order valence-corrected chi connectivity index (χ0v) is 19.2. The average Bonchev–Trinajstić information content (AvgIpc) is 2.84. The lowest BCUT2D eigenvalue weighted by atomic mass is 9.93. The van der Waals surface area contributed by atoms with Gasteiger partial charge in [0.15, 0.2) is 0 Å². The molecule has 3 rings (SSSR count). The Morgan fingerprint density at radius 3 is 2.00 bits per heavy atom. The number of carbonyl (C=O) groups is 1. The van der Waals surface area contributed by atoms with E-state index in [0.717, 1.165) is 12.1 Å². The second-order valence-corrected chi connectivity index (χ2v) is 7.58. The van der Waals surface area contributed by atoms with Gasteiger partial charge in [0.05, 0.1) is 0 Å². The highest BCUT2D eigenvalue weighted by molar-refractivity contribution is 5.74. The number of carbonyl (C=O) groups excluding carboxylic acids is 1. The molecule has 0 saturated carbocycles. The van der Waals surface area contributed by atoms with E-state index in [1.807, 2.05) is 7.05 Å². The number of nitrogens with one attached hydrogen (secondary N) is 1. The molecule has 0 amide bonds. The number of benzene rings is 3. The average molecular weight is 414 g/mol. The maximum atomic E-state index is 9.06. The molecule has 0 aliphatic carbocycles. The Balaban J connectivity index is 0.000000785. The van der Waals surface area contributed by atoms with E-state index in [1.165, 1.54) is 65.1 Å². The van der Waals surface area contributed by atoms with Crippen LogP contribution in [0, 0.1) is 0 Å². The number of allylic oxidation sites excluding steroid dienone is 1. The topological polar surface area (TPSA) is 29.1 Å². The van der Waals surface area contributed by atoms with Gasteiger partial charge in [-0.2, -0.15) is 0 Å². The van der Waals surface area contributed by atoms with Gasteiger partial charge in [0.2, 0.25) is 0 Å². The van der Waals surface area contributed by atoms with Crippen LogP contribution in [0.2, 0.25) is 0 Å². The number of aryl methyl sites for hydroxylation is 2. The quantitative estimate of drug-likeness (QED) is 0.221. The largest absolute Gasteiger partial charge is 0.388 e. The molecule has 0 unspecified atom stereocenters. The predicted molar refractivity (Wildman–Crippen MR) is 136 cm³/mol. The summed E-state index contributed by atoms with van der Waals surface area (Å²) in [6.45, 7) is 7.61. The molecule has 0 saturated heterocycles. The molecule has 0 aliphatic heterocycles. The van der Waals surface area contributed by atoms with Crippen LogP contribution in [-0.2, 0) is 17.6 Å². The molecule has 3 aromatic rings. The maximum absolute atomic E-state index is 9.06. The summed E-state index contributed by atoms with van der Waals surface area (Å²) in [5.41, 5.74) is 9.22. The van der Waals surface area contributed by atoms with E-state index in [-0.39, 0.29) is 0 Å². The molecule has 0 bridgehead atoms. The normalized spacial score (nSPS) is 10.0. The van der Waals surface area contributed by atoms with Crippen LogP contribution < -0.4 is 5.32 Å². The van der Waals surface area contributed by atoms with Crippen molar-refractivity contribution in [1.29, 1.82) is 0 Å². The van der Waals surface area contributed by atoms with Gasteiger partial charge >= 0.3 is 0 Å². The fraction of sp³-hybridized carbons (Fsp3) is 0.276. The number of hydrogen-bond donors (Lipinski definition) is 1. The van der Waals surface area contributed by atoms with Gasteiger partial charge in [0.1, 0.15) is 6.29 Å². The molecule has 2 heteroatoms. The number of rotatable bonds is 9.